The zero-order valence-corrected chi connectivity index (χ0v) is 8.93. The largest absolute Gasteiger partial charge is 0.417 e. The summed E-state index contributed by atoms with van der Waals surface area (Å²) in [6, 6.07) is 3.71. The Morgan fingerprint density at radius 2 is 2.29 bits per heavy atom. The van der Waals surface area contributed by atoms with Gasteiger partial charge in [-0.25, -0.2) is 4.79 Å². The number of halogens is 1. The van der Waals surface area contributed by atoms with Gasteiger partial charge in [0, 0.05) is 4.47 Å². The molecule has 14 heavy (non-hydrogen) atoms. The Morgan fingerprint density at radius 3 is 3.00 bits per heavy atom. The molecule has 0 fully saturated rings. The monoisotopic (exact) mass is 256 g/mol. The summed E-state index contributed by atoms with van der Waals surface area (Å²) in [4.78, 5) is 13.6. The van der Waals surface area contributed by atoms with Gasteiger partial charge in [-0.2, -0.15) is 0 Å². The molecule has 0 amide bonds. The van der Waals surface area contributed by atoms with E-state index in [9.17, 15) is 4.79 Å². The number of hydrogen-bond acceptors (Lipinski definition) is 3. The van der Waals surface area contributed by atoms with Crippen LogP contribution in [0.5, 0.6) is 0 Å². The number of H-pyrrole nitrogens is 1. The summed E-state index contributed by atoms with van der Waals surface area (Å²) in [6.07, 6.45) is 0.691. The van der Waals surface area contributed by atoms with E-state index in [2.05, 4.69) is 20.9 Å². The van der Waals surface area contributed by atoms with Crippen LogP contribution in [-0.4, -0.2) is 11.5 Å². The molecular weight excluding hydrogens is 248 g/mol. The number of rotatable bonds is 2. The van der Waals surface area contributed by atoms with Gasteiger partial charge in [-0.15, -0.1) is 0 Å². The fourth-order valence-electron chi connectivity index (χ4n) is 1.43. The van der Waals surface area contributed by atoms with Crippen molar-refractivity contribution < 1.29 is 4.42 Å². The van der Waals surface area contributed by atoms with Crippen LogP contribution < -0.4 is 11.5 Å². The zero-order valence-electron chi connectivity index (χ0n) is 7.34. The van der Waals surface area contributed by atoms with E-state index in [1.165, 1.54) is 0 Å². The average molecular weight is 257 g/mol. The first kappa shape index (κ1) is 9.48. The summed E-state index contributed by atoms with van der Waals surface area (Å²) in [5.74, 6) is -0.434. The number of benzene rings is 1. The van der Waals surface area contributed by atoms with Crippen LogP contribution in [0, 0.1) is 0 Å². The van der Waals surface area contributed by atoms with Gasteiger partial charge in [-0.3, -0.25) is 4.98 Å². The predicted molar refractivity (Wildman–Crippen MR) is 57.3 cm³/mol. The molecule has 0 aliphatic heterocycles. The van der Waals surface area contributed by atoms with E-state index in [4.69, 9.17) is 10.2 Å². The van der Waals surface area contributed by atoms with Gasteiger partial charge in [0.2, 0.25) is 0 Å². The standard InChI is InChI=1S/C9H9BrN2O2/c10-6-3-5(1-2-11)8-7(4-6)12-9(13)14-8/h3-4H,1-2,11H2,(H,12,13). The van der Waals surface area contributed by atoms with Gasteiger partial charge in [0.25, 0.3) is 0 Å². The summed E-state index contributed by atoms with van der Waals surface area (Å²) in [5, 5.41) is 0. The first-order chi connectivity index (χ1) is 6.70. The van der Waals surface area contributed by atoms with Crippen LogP contribution >= 0.6 is 15.9 Å². The van der Waals surface area contributed by atoms with Gasteiger partial charge in [0.1, 0.15) is 0 Å². The summed E-state index contributed by atoms with van der Waals surface area (Å²) >= 11 is 3.36. The Kier molecular flexibility index (Phi) is 2.43. The molecule has 0 spiro atoms. The molecule has 2 rings (SSSR count). The predicted octanol–water partition coefficient (Wildman–Crippen LogP) is 1.38. The van der Waals surface area contributed by atoms with Crippen molar-refractivity contribution in [2.45, 2.75) is 6.42 Å². The number of nitrogens with two attached hydrogens (primary N) is 1. The lowest BCUT2D eigenvalue weighted by Crippen LogP contribution is -2.02. The molecule has 3 N–H and O–H groups in total. The molecule has 1 aromatic heterocycles. The fourth-order valence-corrected chi connectivity index (χ4v) is 1.94. The quantitative estimate of drug-likeness (QED) is 0.853. The Morgan fingerprint density at radius 1 is 1.50 bits per heavy atom. The molecule has 1 aromatic carbocycles. The molecule has 74 valence electrons. The molecule has 0 radical (unpaired) electrons. The lowest BCUT2D eigenvalue weighted by molar-refractivity contribution is 0.552. The second-order valence-corrected chi connectivity index (χ2v) is 3.91. The van der Waals surface area contributed by atoms with Gasteiger partial charge in [-0.05, 0) is 30.7 Å². The van der Waals surface area contributed by atoms with Crippen LogP contribution in [0.25, 0.3) is 11.1 Å². The third kappa shape index (κ3) is 1.60. The molecule has 0 unspecified atom stereocenters. The molecule has 0 aliphatic rings. The minimum Gasteiger partial charge on any atom is -0.408 e. The van der Waals surface area contributed by atoms with Crippen LogP contribution in [0.4, 0.5) is 0 Å². The number of aromatic amines is 1. The maximum atomic E-state index is 11.0. The molecular formula is C9H9BrN2O2. The summed E-state index contributed by atoms with van der Waals surface area (Å²) in [5.41, 5.74) is 7.71. The van der Waals surface area contributed by atoms with Crippen molar-refractivity contribution in [2.75, 3.05) is 6.54 Å². The zero-order chi connectivity index (χ0) is 10.1. The first-order valence-electron chi connectivity index (χ1n) is 4.22. The minimum atomic E-state index is -0.434. The van der Waals surface area contributed by atoms with Crippen LogP contribution in [-0.2, 0) is 6.42 Å². The number of fused-ring (bicyclic) bond motifs is 1. The molecule has 2 aromatic rings. The highest BCUT2D eigenvalue weighted by Crippen LogP contribution is 2.22. The second-order valence-electron chi connectivity index (χ2n) is 2.99. The van der Waals surface area contributed by atoms with Crippen LogP contribution in [0.2, 0.25) is 0 Å². The van der Waals surface area contributed by atoms with Gasteiger partial charge in [0.05, 0.1) is 5.52 Å². The smallest absolute Gasteiger partial charge is 0.408 e. The molecule has 4 nitrogen and oxygen atoms in total. The Labute approximate surface area is 88.2 Å². The van der Waals surface area contributed by atoms with E-state index < -0.39 is 5.76 Å². The fraction of sp³-hybridized carbons (Fsp3) is 0.222. The molecule has 0 atom stereocenters. The van der Waals surface area contributed by atoms with Crippen molar-refractivity contribution >= 4 is 27.0 Å². The molecule has 0 saturated heterocycles. The highest BCUT2D eigenvalue weighted by Gasteiger charge is 2.07. The van der Waals surface area contributed by atoms with E-state index in [0.717, 1.165) is 10.0 Å². The molecule has 0 saturated carbocycles. The van der Waals surface area contributed by atoms with Crippen molar-refractivity contribution in [3.63, 3.8) is 0 Å². The van der Waals surface area contributed by atoms with E-state index >= 15 is 0 Å². The summed E-state index contributed by atoms with van der Waals surface area (Å²) in [7, 11) is 0. The highest BCUT2D eigenvalue weighted by molar-refractivity contribution is 9.10. The SMILES string of the molecule is NCCc1cc(Br)cc2[nH]c(=O)oc12. The maximum Gasteiger partial charge on any atom is 0.417 e. The van der Waals surface area contributed by atoms with Crippen LogP contribution in [0.15, 0.2) is 25.8 Å². The van der Waals surface area contributed by atoms with E-state index in [-0.39, 0.29) is 0 Å². The first-order valence-corrected chi connectivity index (χ1v) is 5.01. The van der Waals surface area contributed by atoms with E-state index in [0.29, 0.717) is 24.1 Å². The highest BCUT2D eigenvalue weighted by atomic mass is 79.9. The van der Waals surface area contributed by atoms with E-state index in [1.54, 1.807) is 6.07 Å². The minimum absolute atomic E-state index is 0.434. The number of hydrogen-bond donors (Lipinski definition) is 2. The Hall–Kier alpha value is -1.07. The van der Waals surface area contributed by atoms with Gasteiger partial charge in [-0.1, -0.05) is 15.9 Å². The van der Waals surface area contributed by atoms with Gasteiger partial charge in [0.15, 0.2) is 5.58 Å². The Balaban J connectivity index is 2.72. The third-order valence-electron chi connectivity index (χ3n) is 1.98. The number of aromatic nitrogens is 1. The molecule has 5 heteroatoms. The van der Waals surface area contributed by atoms with Crippen molar-refractivity contribution in [1.82, 2.24) is 4.98 Å². The summed E-state index contributed by atoms with van der Waals surface area (Å²) < 4.78 is 5.93. The van der Waals surface area contributed by atoms with Gasteiger partial charge < -0.3 is 10.2 Å². The van der Waals surface area contributed by atoms with Crippen molar-refractivity contribution in [2.24, 2.45) is 5.73 Å². The normalized spacial score (nSPS) is 11.0. The summed E-state index contributed by atoms with van der Waals surface area (Å²) in [6.45, 7) is 0.528. The van der Waals surface area contributed by atoms with Crippen LogP contribution in [0.3, 0.4) is 0 Å². The van der Waals surface area contributed by atoms with E-state index in [1.807, 2.05) is 6.07 Å². The second kappa shape index (κ2) is 3.59. The average Bonchev–Trinajstić information content (AvgIpc) is 2.45. The third-order valence-corrected chi connectivity index (χ3v) is 2.43. The van der Waals surface area contributed by atoms with Gasteiger partial charge >= 0.3 is 5.76 Å². The lowest BCUT2D eigenvalue weighted by atomic mass is 10.1. The molecule has 0 aliphatic carbocycles. The molecule has 0 bridgehead atoms. The molecule has 1 heterocycles. The van der Waals surface area contributed by atoms with Crippen LogP contribution in [0.1, 0.15) is 5.56 Å². The lowest BCUT2D eigenvalue weighted by Gasteiger charge is -1.99. The van der Waals surface area contributed by atoms with Crippen molar-refractivity contribution in [3.8, 4) is 0 Å². The number of oxazole rings is 1. The number of nitrogens with one attached hydrogen (secondary N) is 1. The Bertz CT molecular complexity index is 515. The maximum absolute atomic E-state index is 11.0. The van der Waals surface area contributed by atoms with Crippen molar-refractivity contribution in [3.05, 3.63) is 32.7 Å². The van der Waals surface area contributed by atoms with Crippen molar-refractivity contribution in [1.29, 1.82) is 0 Å². The topological polar surface area (TPSA) is 72.0 Å².